The average molecular weight is 413 g/mol. The molecule has 0 bridgehead atoms. The average Bonchev–Trinajstić information content (AvgIpc) is 3.06. The smallest absolute Gasteiger partial charge is 0.228 e. The van der Waals surface area contributed by atoms with Gasteiger partial charge < -0.3 is 4.74 Å². The van der Waals surface area contributed by atoms with E-state index in [4.69, 9.17) is 9.72 Å². The van der Waals surface area contributed by atoms with Crippen LogP contribution in [0.2, 0.25) is 0 Å². The van der Waals surface area contributed by atoms with Crippen molar-refractivity contribution in [3.63, 3.8) is 0 Å². The van der Waals surface area contributed by atoms with E-state index in [0.29, 0.717) is 22.6 Å². The van der Waals surface area contributed by atoms with Crippen molar-refractivity contribution in [1.82, 2.24) is 9.88 Å². The molecule has 2 aliphatic heterocycles. The molecule has 2 aliphatic rings. The second-order valence-electron chi connectivity index (χ2n) is 7.88. The van der Waals surface area contributed by atoms with Crippen LogP contribution < -0.4 is 4.90 Å². The Morgan fingerprint density at radius 1 is 1.10 bits per heavy atom. The Labute approximate surface area is 180 Å². The van der Waals surface area contributed by atoms with E-state index >= 15 is 0 Å². The van der Waals surface area contributed by atoms with Gasteiger partial charge in [0, 0.05) is 37.5 Å². The number of aromatic nitrogens is 1. The molecule has 2 aromatic carbocycles. The maximum absolute atomic E-state index is 12.9. The minimum absolute atomic E-state index is 0.159. The van der Waals surface area contributed by atoms with Gasteiger partial charge in [-0.3, -0.25) is 19.4 Å². The van der Waals surface area contributed by atoms with Crippen LogP contribution in [-0.4, -0.2) is 47.9 Å². The summed E-state index contributed by atoms with van der Waals surface area (Å²) in [5.41, 5.74) is 4.25. The highest BCUT2D eigenvalue weighted by Crippen LogP contribution is 2.35. The first-order valence-corrected chi connectivity index (χ1v) is 10.5. The van der Waals surface area contributed by atoms with Gasteiger partial charge in [0.05, 0.1) is 35.8 Å². The van der Waals surface area contributed by atoms with E-state index in [2.05, 4.69) is 17.0 Å². The quantitative estimate of drug-likeness (QED) is 0.614. The minimum atomic E-state index is -0.196. The first-order valence-electron chi connectivity index (χ1n) is 10.5. The third kappa shape index (κ3) is 3.76. The number of allylic oxidation sites excluding steroid dienone is 1. The molecule has 0 spiro atoms. The Morgan fingerprint density at radius 3 is 2.71 bits per heavy atom. The lowest BCUT2D eigenvalue weighted by atomic mass is 10.1. The predicted molar refractivity (Wildman–Crippen MR) is 120 cm³/mol. The highest BCUT2D eigenvalue weighted by Gasteiger charge is 2.34. The minimum Gasteiger partial charge on any atom is -0.379 e. The summed E-state index contributed by atoms with van der Waals surface area (Å²) in [4.78, 5) is 33.7. The van der Waals surface area contributed by atoms with Crippen LogP contribution in [0.3, 0.4) is 0 Å². The van der Waals surface area contributed by atoms with Crippen LogP contribution in [0.1, 0.15) is 28.5 Å². The summed E-state index contributed by atoms with van der Waals surface area (Å²) in [5.74, 6) is -0.355. The number of benzene rings is 2. The number of nitrogens with zero attached hydrogens (tertiary/aromatic N) is 3. The van der Waals surface area contributed by atoms with Crippen LogP contribution in [0.15, 0.2) is 60.3 Å². The number of hydrogen-bond acceptors (Lipinski definition) is 5. The molecular weight excluding hydrogens is 390 g/mol. The van der Waals surface area contributed by atoms with E-state index in [9.17, 15) is 9.59 Å². The molecule has 156 valence electrons. The summed E-state index contributed by atoms with van der Waals surface area (Å²) in [5, 5.41) is 1.05. The zero-order valence-electron chi connectivity index (χ0n) is 17.4. The summed E-state index contributed by atoms with van der Waals surface area (Å²) >= 11 is 0. The van der Waals surface area contributed by atoms with Gasteiger partial charge in [0.25, 0.3) is 0 Å². The largest absolute Gasteiger partial charge is 0.379 e. The lowest BCUT2D eigenvalue weighted by molar-refractivity contribution is -0.116. The van der Waals surface area contributed by atoms with Crippen LogP contribution in [0, 0.1) is 0 Å². The van der Waals surface area contributed by atoms with Crippen LogP contribution in [-0.2, 0) is 16.1 Å². The summed E-state index contributed by atoms with van der Waals surface area (Å²) in [6.07, 6.45) is 1.70. The molecule has 31 heavy (non-hydrogen) atoms. The van der Waals surface area contributed by atoms with E-state index in [-0.39, 0.29) is 11.7 Å². The standard InChI is InChI=1S/C25H23N3O3/c1-17(29)28-23-5-3-2-4-21(23)25(30)24(28)15-20-8-7-19-14-18(6-9-22(19)26-20)16-27-10-12-31-13-11-27/h2-9,14-15H,10-13,16H2,1H3/b24-15+. The van der Waals surface area contributed by atoms with Crippen molar-refractivity contribution in [3.8, 4) is 0 Å². The number of fused-ring (bicyclic) bond motifs is 2. The fourth-order valence-corrected chi connectivity index (χ4v) is 4.23. The van der Waals surface area contributed by atoms with Crippen molar-refractivity contribution < 1.29 is 14.3 Å². The number of Topliss-reactive ketones (excluding diaryl/α,β-unsaturated/α-hetero) is 1. The molecule has 0 aliphatic carbocycles. The number of pyridine rings is 1. The molecule has 0 unspecified atom stereocenters. The van der Waals surface area contributed by atoms with Crippen molar-refractivity contribution in [2.24, 2.45) is 0 Å². The van der Waals surface area contributed by atoms with Crippen molar-refractivity contribution in [2.75, 3.05) is 31.2 Å². The topological polar surface area (TPSA) is 62.7 Å². The number of anilines is 1. The van der Waals surface area contributed by atoms with Crippen LogP contribution in [0.25, 0.3) is 17.0 Å². The fourth-order valence-electron chi connectivity index (χ4n) is 4.23. The molecule has 0 saturated carbocycles. The van der Waals surface area contributed by atoms with Crippen molar-refractivity contribution in [2.45, 2.75) is 13.5 Å². The summed E-state index contributed by atoms with van der Waals surface area (Å²) in [7, 11) is 0. The number of rotatable bonds is 3. The van der Waals surface area contributed by atoms with Gasteiger partial charge in [0.15, 0.2) is 0 Å². The molecule has 0 N–H and O–H groups in total. The molecular formula is C25H23N3O3. The van der Waals surface area contributed by atoms with Gasteiger partial charge in [0.2, 0.25) is 11.7 Å². The number of morpholine rings is 1. The Balaban J connectivity index is 1.45. The van der Waals surface area contributed by atoms with Gasteiger partial charge in [-0.15, -0.1) is 0 Å². The zero-order valence-corrected chi connectivity index (χ0v) is 17.4. The predicted octanol–water partition coefficient (Wildman–Crippen LogP) is 3.66. The lowest BCUT2D eigenvalue weighted by Crippen LogP contribution is -2.35. The van der Waals surface area contributed by atoms with Gasteiger partial charge in [-0.1, -0.05) is 24.3 Å². The molecule has 6 heteroatoms. The van der Waals surface area contributed by atoms with Gasteiger partial charge in [-0.2, -0.15) is 0 Å². The Hall–Kier alpha value is -3.35. The van der Waals surface area contributed by atoms with Crippen LogP contribution in [0.4, 0.5) is 5.69 Å². The molecule has 1 amide bonds. The third-order valence-electron chi connectivity index (χ3n) is 5.75. The van der Waals surface area contributed by atoms with E-state index in [1.54, 1.807) is 24.3 Å². The Bertz CT molecular complexity index is 1210. The Kier molecular flexibility index (Phi) is 5.10. The number of para-hydroxylation sites is 1. The van der Waals surface area contributed by atoms with Gasteiger partial charge >= 0.3 is 0 Å². The fraction of sp³-hybridized carbons (Fsp3) is 0.240. The Morgan fingerprint density at radius 2 is 1.90 bits per heavy atom. The van der Waals surface area contributed by atoms with Crippen LogP contribution in [0.5, 0.6) is 0 Å². The zero-order chi connectivity index (χ0) is 21.4. The monoisotopic (exact) mass is 413 g/mol. The molecule has 0 radical (unpaired) electrons. The van der Waals surface area contributed by atoms with Crippen molar-refractivity contribution in [1.29, 1.82) is 0 Å². The maximum atomic E-state index is 12.9. The third-order valence-corrected chi connectivity index (χ3v) is 5.75. The van der Waals surface area contributed by atoms with Gasteiger partial charge in [-0.05, 0) is 42.0 Å². The molecule has 3 heterocycles. The molecule has 1 aromatic heterocycles. The lowest BCUT2D eigenvalue weighted by Gasteiger charge is -2.26. The highest BCUT2D eigenvalue weighted by atomic mass is 16.5. The van der Waals surface area contributed by atoms with Crippen LogP contribution >= 0.6 is 0 Å². The number of ketones is 1. The molecule has 1 saturated heterocycles. The van der Waals surface area contributed by atoms with E-state index in [1.165, 1.54) is 17.4 Å². The molecule has 6 nitrogen and oxygen atoms in total. The van der Waals surface area contributed by atoms with Crippen molar-refractivity contribution in [3.05, 3.63) is 77.1 Å². The van der Waals surface area contributed by atoms with Gasteiger partial charge in [0.1, 0.15) is 0 Å². The normalized spacial score (nSPS) is 18.0. The SMILES string of the molecule is CC(=O)N1/C(=C/c2ccc3cc(CN4CCOCC4)ccc3n2)C(=O)c2ccccc21. The van der Waals surface area contributed by atoms with Crippen molar-refractivity contribution >= 4 is 34.4 Å². The summed E-state index contributed by atoms with van der Waals surface area (Å²) in [6, 6.07) is 17.4. The number of hydrogen-bond donors (Lipinski definition) is 0. The van der Waals surface area contributed by atoms with E-state index in [0.717, 1.165) is 43.8 Å². The number of carbonyl (C=O) groups excluding carboxylic acids is 2. The molecule has 5 rings (SSSR count). The van der Waals surface area contributed by atoms with E-state index < -0.39 is 0 Å². The summed E-state index contributed by atoms with van der Waals surface area (Å²) in [6.45, 7) is 5.83. The molecule has 0 atom stereocenters. The van der Waals surface area contributed by atoms with E-state index in [1.807, 2.05) is 24.3 Å². The highest BCUT2D eigenvalue weighted by molar-refractivity contribution is 6.26. The second-order valence-corrected chi connectivity index (χ2v) is 7.88. The number of amides is 1. The van der Waals surface area contributed by atoms with Gasteiger partial charge in [-0.25, -0.2) is 4.98 Å². The molecule has 3 aromatic rings. The number of carbonyl (C=O) groups is 2. The first-order chi connectivity index (χ1) is 15.1. The molecule has 1 fully saturated rings. The summed E-state index contributed by atoms with van der Waals surface area (Å²) < 4.78 is 5.42. The first kappa shape index (κ1) is 19.6. The number of ether oxygens (including phenoxy) is 1. The second kappa shape index (κ2) is 8.06. The maximum Gasteiger partial charge on any atom is 0.228 e.